The van der Waals surface area contributed by atoms with E-state index in [4.69, 9.17) is 4.74 Å². The molecule has 0 heterocycles. The average Bonchev–Trinajstić information content (AvgIpc) is 2.78. The highest BCUT2D eigenvalue weighted by Gasteiger charge is 2.19. The Morgan fingerprint density at radius 3 is 2.10 bits per heavy atom. The summed E-state index contributed by atoms with van der Waals surface area (Å²) in [5.74, 6) is -1.87. The molecule has 0 aliphatic heterocycles. The lowest BCUT2D eigenvalue weighted by molar-refractivity contribution is 0.314. The molecular formula is C26H25F3O. The van der Waals surface area contributed by atoms with Gasteiger partial charge in [-0.25, -0.2) is 8.78 Å². The molecule has 0 N–H and O–H groups in total. The summed E-state index contributed by atoms with van der Waals surface area (Å²) in [5.41, 5.74) is 3.14. The summed E-state index contributed by atoms with van der Waals surface area (Å²) in [5, 5.41) is 0. The molecule has 1 fully saturated rings. The van der Waals surface area contributed by atoms with Gasteiger partial charge >= 0.3 is 0 Å². The zero-order valence-electron chi connectivity index (χ0n) is 17.1. The summed E-state index contributed by atoms with van der Waals surface area (Å²) >= 11 is 0. The summed E-state index contributed by atoms with van der Waals surface area (Å²) in [6, 6.07) is 15.4. The van der Waals surface area contributed by atoms with Crippen LogP contribution < -0.4 is 4.74 Å². The Kier molecular flexibility index (Phi) is 6.12. The van der Waals surface area contributed by atoms with Crippen LogP contribution in [0.2, 0.25) is 0 Å². The van der Waals surface area contributed by atoms with Gasteiger partial charge < -0.3 is 4.74 Å². The molecular weight excluding hydrogens is 385 g/mol. The monoisotopic (exact) mass is 410 g/mol. The van der Waals surface area contributed by atoms with E-state index in [1.165, 1.54) is 18.6 Å². The van der Waals surface area contributed by atoms with Crippen LogP contribution in [0.5, 0.6) is 5.75 Å². The molecule has 0 aromatic heterocycles. The van der Waals surface area contributed by atoms with Crippen molar-refractivity contribution in [1.29, 1.82) is 0 Å². The molecule has 0 unspecified atom stereocenters. The van der Waals surface area contributed by atoms with Crippen LogP contribution in [0, 0.1) is 17.5 Å². The lowest BCUT2D eigenvalue weighted by Gasteiger charge is -2.22. The van der Waals surface area contributed by atoms with E-state index >= 15 is 0 Å². The van der Waals surface area contributed by atoms with Gasteiger partial charge in [0.2, 0.25) is 5.82 Å². The Balaban J connectivity index is 1.58. The maximum Gasteiger partial charge on any atom is 0.201 e. The molecule has 156 valence electrons. The second-order valence-corrected chi connectivity index (χ2v) is 7.82. The van der Waals surface area contributed by atoms with Crippen molar-refractivity contribution in [3.63, 3.8) is 0 Å². The molecule has 0 spiro atoms. The lowest BCUT2D eigenvalue weighted by Crippen LogP contribution is -2.06. The highest BCUT2D eigenvalue weighted by atomic mass is 19.2. The molecule has 0 radical (unpaired) electrons. The fourth-order valence-electron chi connectivity index (χ4n) is 4.32. The van der Waals surface area contributed by atoms with Crippen molar-refractivity contribution in [3.05, 3.63) is 77.6 Å². The van der Waals surface area contributed by atoms with E-state index in [1.807, 2.05) is 12.1 Å². The highest BCUT2D eigenvalue weighted by Crippen LogP contribution is 2.36. The largest absolute Gasteiger partial charge is 0.491 e. The first-order valence-corrected chi connectivity index (χ1v) is 10.6. The molecule has 0 amide bonds. The summed E-state index contributed by atoms with van der Waals surface area (Å²) in [4.78, 5) is 0. The van der Waals surface area contributed by atoms with E-state index in [9.17, 15) is 13.2 Å². The van der Waals surface area contributed by atoms with Gasteiger partial charge in [-0.05, 0) is 66.1 Å². The minimum Gasteiger partial charge on any atom is -0.491 e. The number of hydrogen-bond acceptors (Lipinski definition) is 1. The van der Waals surface area contributed by atoms with E-state index in [2.05, 4.69) is 0 Å². The molecule has 3 aromatic rings. The zero-order chi connectivity index (χ0) is 21.1. The molecule has 4 rings (SSSR count). The van der Waals surface area contributed by atoms with Crippen molar-refractivity contribution < 1.29 is 17.9 Å². The number of hydrogen-bond donors (Lipinski definition) is 0. The molecule has 4 heteroatoms. The first-order chi connectivity index (χ1) is 14.6. The number of benzene rings is 3. The van der Waals surface area contributed by atoms with Crippen LogP contribution in [-0.2, 0) is 0 Å². The predicted molar refractivity (Wildman–Crippen MR) is 114 cm³/mol. The third-order valence-electron chi connectivity index (χ3n) is 5.92. The molecule has 0 atom stereocenters. The van der Waals surface area contributed by atoms with Crippen LogP contribution in [0.1, 0.15) is 50.5 Å². The van der Waals surface area contributed by atoms with Crippen LogP contribution in [0.15, 0.2) is 54.6 Å². The topological polar surface area (TPSA) is 9.23 Å². The van der Waals surface area contributed by atoms with Gasteiger partial charge in [-0.2, -0.15) is 4.39 Å². The Hall–Kier alpha value is -2.75. The van der Waals surface area contributed by atoms with Crippen LogP contribution in [0.4, 0.5) is 13.2 Å². The van der Waals surface area contributed by atoms with Gasteiger partial charge in [0.1, 0.15) is 5.82 Å². The van der Waals surface area contributed by atoms with Gasteiger partial charge in [-0.1, -0.05) is 55.7 Å². The van der Waals surface area contributed by atoms with Crippen molar-refractivity contribution in [2.75, 3.05) is 6.61 Å². The smallest absolute Gasteiger partial charge is 0.201 e. The molecule has 1 nitrogen and oxygen atoms in total. The van der Waals surface area contributed by atoms with Gasteiger partial charge in [-0.3, -0.25) is 0 Å². The molecule has 1 aliphatic carbocycles. The first-order valence-electron chi connectivity index (χ1n) is 10.6. The second-order valence-electron chi connectivity index (χ2n) is 7.82. The quantitative estimate of drug-likeness (QED) is 0.416. The Morgan fingerprint density at radius 2 is 1.43 bits per heavy atom. The minimum absolute atomic E-state index is 0.0936. The SMILES string of the molecule is CCOc1ccc(-c2ccc(-c3ccc(C4CCCCC4)c(F)c3)cc2)c(F)c1F. The first kappa shape index (κ1) is 20.5. The summed E-state index contributed by atoms with van der Waals surface area (Å²) in [6.45, 7) is 1.98. The van der Waals surface area contributed by atoms with E-state index in [0.29, 0.717) is 11.5 Å². The fraction of sp³-hybridized carbons (Fsp3) is 0.308. The number of ether oxygens (including phenoxy) is 1. The Morgan fingerprint density at radius 1 is 0.767 bits per heavy atom. The van der Waals surface area contributed by atoms with Crippen LogP contribution in [-0.4, -0.2) is 6.61 Å². The number of rotatable bonds is 5. The van der Waals surface area contributed by atoms with Crippen molar-refractivity contribution in [2.24, 2.45) is 0 Å². The number of halogens is 3. The second kappa shape index (κ2) is 8.95. The fourth-order valence-corrected chi connectivity index (χ4v) is 4.32. The maximum atomic E-state index is 14.8. The van der Waals surface area contributed by atoms with Crippen molar-refractivity contribution in [1.82, 2.24) is 0 Å². The molecule has 0 saturated heterocycles. The minimum atomic E-state index is -0.987. The van der Waals surface area contributed by atoms with E-state index in [1.54, 1.807) is 37.3 Å². The van der Waals surface area contributed by atoms with E-state index < -0.39 is 11.6 Å². The maximum absolute atomic E-state index is 14.8. The summed E-state index contributed by atoms with van der Waals surface area (Å²) in [7, 11) is 0. The van der Waals surface area contributed by atoms with Crippen molar-refractivity contribution >= 4 is 0 Å². The van der Waals surface area contributed by atoms with E-state index in [-0.39, 0.29) is 23.7 Å². The highest BCUT2D eigenvalue weighted by molar-refractivity contribution is 5.71. The molecule has 30 heavy (non-hydrogen) atoms. The van der Waals surface area contributed by atoms with Gasteiger partial charge in [0.15, 0.2) is 11.6 Å². The van der Waals surface area contributed by atoms with Gasteiger partial charge in [-0.15, -0.1) is 0 Å². The van der Waals surface area contributed by atoms with Gasteiger partial charge in [0, 0.05) is 5.56 Å². The molecule has 1 saturated carbocycles. The van der Waals surface area contributed by atoms with Crippen molar-refractivity contribution in [2.45, 2.75) is 44.9 Å². The third kappa shape index (κ3) is 4.09. The Bertz CT molecular complexity index is 1020. The van der Waals surface area contributed by atoms with Crippen molar-refractivity contribution in [3.8, 4) is 28.0 Å². The standard InChI is InChI=1S/C26H25F3O/c1-2-30-24-15-14-22(25(28)26(24)29)19-10-8-17(9-11-19)20-12-13-21(23(27)16-20)18-6-4-3-5-7-18/h8-16,18H,2-7H2,1H3. The van der Waals surface area contributed by atoms with Gasteiger partial charge in [0.05, 0.1) is 6.61 Å². The molecule has 1 aliphatic rings. The molecule has 3 aromatic carbocycles. The van der Waals surface area contributed by atoms with Crippen LogP contribution in [0.3, 0.4) is 0 Å². The van der Waals surface area contributed by atoms with E-state index in [0.717, 1.165) is 42.4 Å². The third-order valence-corrected chi connectivity index (χ3v) is 5.92. The molecule has 0 bridgehead atoms. The van der Waals surface area contributed by atoms with Crippen LogP contribution in [0.25, 0.3) is 22.3 Å². The predicted octanol–water partition coefficient (Wildman–Crippen LogP) is 7.88. The van der Waals surface area contributed by atoms with Crippen LogP contribution >= 0.6 is 0 Å². The summed E-state index contributed by atoms with van der Waals surface area (Å²) < 4.78 is 48.5. The Labute approximate surface area is 175 Å². The summed E-state index contributed by atoms with van der Waals surface area (Å²) in [6.07, 6.45) is 5.66. The normalized spacial score (nSPS) is 14.7. The zero-order valence-corrected chi connectivity index (χ0v) is 17.1. The van der Waals surface area contributed by atoms with Gasteiger partial charge in [0.25, 0.3) is 0 Å². The average molecular weight is 410 g/mol. The lowest BCUT2D eigenvalue weighted by atomic mass is 9.83.